The Labute approximate surface area is 126 Å². The van der Waals surface area contributed by atoms with Gasteiger partial charge in [-0.3, -0.25) is 0 Å². The van der Waals surface area contributed by atoms with E-state index in [1.165, 1.54) is 11.1 Å². The van der Waals surface area contributed by atoms with Gasteiger partial charge in [0.25, 0.3) is 0 Å². The standard InChI is InChI=1S/C18H23NO2/c1-12-5-7-15(8-6-12)13(2)19-14(3)17-10-9-16(21-4)11-18(17)20/h5-11,13-14,19-20H,1-4H3. The molecule has 2 unspecified atom stereocenters. The van der Waals surface area contributed by atoms with Crippen LogP contribution in [-0.4, -0.2) is 12.2 Å². The number of phenolic OH excluding ortho intramolecular Hbond substituents is 1. The minimum Gasteiger partial charge on any atom is -0.507 e. The van der Waals surface area contributed by atoms with E-state index in [0.717, 1.165) is 5.56 Å². The maximum Gasteiger partial charge on any atom is 0.124 e. The highest BCUT2D eigenvalue weighted by Gasteiger charge is 2.14. The normalized spacial score (nSPS) is 13.7. The largest absolute Gasteiger partial charge is 0.507 e. The Morgan fingerprint density at radius 2 is 1.67 bits per heavy atom. The lowest BCUT2D eigenvalue weighted by Crippen LogP contribution is -2.22. The topological polar surface area (TPSA) is 41.5 Å². The number of aryl methyl sites for hydroxylation is 1. The molecule has 0 aliphatic carbocycles. The van der Waals surface area contributed by atoms with E-state index in [1.54, 1.807) is 13.2 Å². The molecule has 3 nitrogen and oxygen atoms in total. The average molecular weight is 285 g/mol. The van der Waals surface area contributed by atoms with Gasteiger partial charge in [0.1, 0.15) is 11.5 Å². The summed E-state index contributed by atoms with van der Waals surface area (Å²) in [5.74, 6) is 0.917. The van der Waals surface area contributed by atoms with E-state index in [1.807, 2.05) is 19.1 Å². The molecule has 0 saturated heterocycles. The molecule has 2 aromatic carbocycles. The molecule has 0 aliphatic rings. The number of hydrogen-bond acceptors (Lipinski definition) is 3. The smallest absolute Gasteiger partial charge is 0.124 e. The minimum atomic E-state index is 0.0483. The van der Waals surface area contributed by atoms with Gasteiger partial charge >= 0.3 is 0 Å². The Balaban J connectivity index is 2.10. The molecule has 2 atom stereocenters. The summed E-state index contributed by atoms with van der Waals surface area (Å²) in [6.45, 7) is 6.26. The predicted octanol–water partition coefficient (Wildman–Crippen LogP) is 4.12. The highest BCUT2D eigenvalue weighted by molar-refractivity contribution is 5.41. The van der Waals surface area contributed by atoms with Crippen molar-refractivity contribution in [3.8, 4) is 11.5 Å². The molecule has 0 radical (unpaired) electrons. The summed E-state index contributed by atoms with van der Waals surface area (Å²) in [4.78, 5) is 0. The van der Waals surface area contributed by atoms with Gasteiger partial charge in [0.15, 0.2) is 0 Å². The zero-order valence-electron chi connectivity index (χ0n) is 13.1. The van der Waals surface area contributed by atoms with Crippen LogP contribution in [0.1, 0.15) is 42.6 Å². The third kappa shape index (κ3) is 3.76. The van der Waals surface area contributed by atoms with Gasteiger partial charge in [0.2, 0.25) is 0 Å². The number of methoxy groups -OCH3 is 1. The van der Waals surface area contributed by atoms with Crippen molar-refractivity contribution in [2.45, 2.75) is 32.9 Å². The van der Waals surface area contributed by atoms with E-state index in [9.17, 15) is 5.11 Å². The Hall–Kier alpha value is -2.00. The molecule has 0 aromatic heterocycles. The molecule has 0 heterocycles. The first-order valence-electron chi connectivity index (χ1n) is 7.20. The Bertz CT molecular complexity index is 593. The number of rotatable bonds is 5. The molecule has 112 valence electrons. The van der Waals surface area contributed by atoms with Crippen LogP contribution in [-0.2, 0) is 0 Å². The third-order valence-electron chi connectivity index (χ3n) is 3.78. The molecule has 0 amide bonds. The van der Waals surface area contributed by atoms with E-state index < -0.39 is 0 Å². The Kier molecular flexibility index (Phi) is 4.86. The van der Waals surface area contributed by atoms with Gasteiger partial charge in [-0.25, -0.2) is 0 Å². The zero-order valence-corrected chi connectivity index (χ0v) is 13.1. The third-order valence-corrected chi connectivity index (χ3v) is 3.78. The van der Waals surface area contributed by atoms with Crippen LogP contribution in [0, 0.1) is 6.92 Å². The summed E-state index contributed by atoms with van der Waals surface area (Å²) in [5, 5.41) is 13.6. The molecular weight excluding hydrogens is 262 g/mol. The van der Waals surface area contributed by atoms with Crippen molar-refractivity contribution >= 4 is 0 Å². The highest BCUT2D eigenvalue weighted by atomic mass is 16.5. The average Bonchev–Trinajstić information content (AvgIpc) is 2.47. The van der Waals surface area contributed by atoms with E-state index in [-0.39, 0.29) is 17.8 Å². The van der Waals surface area contributed by atoms with E-state index in [4.69, 9.17) is 4.74 Å². The van der Waals surface area contributed by atoms with Crippen molar-refractivity contribution in [3.05, 3.63) is 59.2 Å². The quantitative estimate of drug-likeness (QED) is 0.868. The lowest BCUT2D eigenvalue weighted by Gasteiger charge is -2.22. The molecular formula is C18H23NO2. The van der Waals surface area contributed by atoms with E-state index >= 15 is 0 Å². The van der Waals surface area contributed by atoms with Gasteiger partial charge in [-0.2, -0.15) is 0 Å². The summed E-state index contributed by atoms with van der Waals surface area (Å²) in [7, 11) is 1.59. The van der Waals surface area contributed by atoms with Crippen LogP contribution in [0.3, 0.4) is 0 Å². The van der Waals surface area contributed by atoms with Gasteiger partial charge in [0, 0.05) is 23.7 Å². The van der Waals surface area contributed by atoms with Crippen molar-refractivity contribution < 1.29 is 9.84 Å². The second-order valence-electron chi connectivity index (χ2n) is 5.45. The molecule has 0 bridgehead atoms. The maximum absolute atomic E-state index is 10.1. The SMILES string of the molecule is COc1ccc(C(C)NC(C)c2ccc(C)cc2)c(O)c1. The maximum atomic E-state index is 10.1. The zero-order chi connectivity index (χ0) is 15.4. The highest BCUT2D eigenvalue weighted by Crippen LogP contribution is 2.29. The van der Waals surface area contributed by atoms with Crippen LogP contribution in [0.5, 0.6) is 11.5 Å². The summed E-state index contributed by atoms with van der Waals surface area (Å²) >= 11 is 0. The van der Waals surface area contributed by atoms with E-state index in [0.29, 0.717) is 5.75 Å². The monoisotopic (exact) mass is 285 g/mol. The molecule has 0 spiro atoms. The first-order valence-corrected chi connectivity index (χ1v) is 7.20. The number of hydrogen-bond donors (Lipinski definition) is 2. The van der Waals surface area contributed by atoms with Crippen LogP contribution >= 0.6 is 0 Å². The van der Waals surface area contributed by atoms with Crippen molar-refractivity contribution in [1.82, 2.24) is 5.32 Å². The fourth-order valence-corrected chi connectivity index (χ4v) is 2.43. The van der Waals surface area contributed by atoms with Crippen molar-refractivity contribution in [2.75, 3.05) is 7.11 Å². The molecule has 21 heavy (non-hydrogen) atoms. The molecule has 3 heteroatoms. The number of ether oxygens (including phenoxy) is 1. The van der Waals surface area contributed by atoms with Gasteiger partial charge < -0.3 is 15.2 Å². The Morgan fingerprint density at radius 1 is 1.00 bits per heavy atom. The summed E-state index contributed by atoms with van der Waals surface area (Å²) in [5.41, 5.74) is 3.36. The van der Waals surface area contributed by atoms with Crippen LogP contribution in [0.15, 0.2) is 42.5 Å². The van der Waals surface area contributed by atoms with Crippen molar-refractivity contribution in [3.63, 3.8) is 0 Å². The number of nitrogens with one attached hydrogen (secondary N) is 1. The summed E-state index contributed by atoms with van der Waals surface area (Å²) < 4.78 is 5.11. The number of phenols is 1. The van der Waals surface area contributed by atoms with E-state index in [2.05, 4.69) is 43.4 Å². The minimum absolute atomic E-state index is 0.0483. The van der Waals surface area contributed by atoms with Crippen LogP contribution in [0.4, 0.5) is 0 Å². The van der Waals surface area contributed by atoms with Gasteiger partial charge in [0.05, 0.1) is 7.11 Å². The molecule has 0 saturated carbocycles. The lowest BCUT2D eigenvalue weighted by molar-refractivity contribution is 0.402. The van der Waals surface area contributed by atoms with Crippen molar-refractivity contribution in [2.24, 2.45) is 0 Å². The van der Waals surface area contributed by atoms with Gasteiger partial charge in [-0.05, 0) is 32.4 Å². The molecule has 2 rings (SSSR count). The Morgan fingerprint density at radius 3 is 2.24 bits per heavy atom. The number of benzene rings is 2. The van der Waals surface area contributed by atoms with Crippen LogP contribution in [0.25, 0.3) is 0 Å². The first kappa shape index (κ1) is 15.4. The fraction of sp³-hybridized carbons (Fsp3) is 0.333. The molecule has 2 aromatic rings. The second kappa shape index (κ2) is 6.64. The number of aromatic hydroxyl groups is 1. The van der Waals surface area contributed by atoms with Crippen molar-refractivity contribution in [1.29, 1.82) is 0 Å². The summed E-state index contributed by atoms with van der Waals surface area (Å²) in [6.07, 6.45) is 0. The van der Waals surface area contributed by atoms with Crippen LogP contribution in [0.2, 0.25) is 0 Å². The predicted molar refractivity (Wildman–Crippen MR) is 85.8 cm³/mol. The molecule has 2 N–H and O–H groups in total. The summed E-state index contributed by atoms with van der Waals surface area (Å²) in [6, 6.07) is 14.2. The van der Waals surface area contributed by atoms with Gasteiger partial charge in [-0.15, -0.1) is 0 Å². The second-order valence-corrected chi connectivity index (χ2v) is 5.45. The van der Waals surface area contributed by atoms with Crippen LogP contribution < -0.4 is 10.1 Å². The fourth-order valence-electron chi connectivity index (χ4n) is 2.43. The first-order chi connectivity index (χ1) is 10.0. The molecule has 0 fully saturated rings. The lowest BCUT2D eigenvalue weighted by atomic mass is 10.0. The van der Waals surface area contributed by atoms with Gasteiger partial charge in [-0.1, -0.05) is 35.9 Å². The molecule has 0 aliphatic heterocycles.